The molecule has 0 fully saturated rings. The van der Waals surface area contributed by atoms with E-state index in [1.165, 1.54) is 11.3 Å². The summed E-state index contributed by atoms with van der Waals surface area (Å²) >= 11 is 1.41. The van der Waals surface area contributed by atoms with Crippen molar-refractivity contribution in [2.24, 2.45) is 0 Å². The first kappa shape index (κ1) is 18.1. The lowest BCUT2D eigenvalue weighted by Crippen LogP contribution is -2.18. The Morgan fingerprint density at radius 3 is 2.46 bits per heavy atom. The molecule has 0 saturated carbocycles. The van der Waals surface area contributed by atoms with Crippen molar-refractivity contribution in [1.82, 2.24) is 0 Å². The fourth-order valence-electron chi connectivity index (χ4n) is 2.69. The maximum absolute atomic E-state index is 12.3. The highest BCUT2D eigenvalue weighted by Gasteiger charge is 2.19. The molecule has 0 aliphatic heterocycles. The van der Waals surface area contributed by atoms with Gasteiger partial charge in [0.05, 0.1) is 17.9 Å². The molecule has 0 aliphatic rings. The van der Waals surface area contributed by atoms with Crippen LogP contribution >= 0.6 is 11.3 Å². The van der Waals surface area contributed by atoms with Crippen LogP contribution in [0.25, 0.3) is 10.8 Å². The highest BCUT2D eigenvalue weighted by molar-refractivity contribution is 7.14. The molecule has 0 N–H and O–H groups in total. The molecule has 0 radical (unpaired) electrons. The minimum absolute atomic E-state index is 0.172. The van der Waals surface area contributed by atoms with Crippen molar-refractivity contribution < 1.29 is 19.1 Å². The monoisotopic (exact) mass is 368 g/mol. The van der Waals surface area contributed by atoms with E-state index in [0.717, 1.165) is 27.0 Å². The van der Waals surface area contributed by atoms with Gasteiger partial charge in [-0.15, -0.1) is 11.3 Å². The number of benzene rings is 2. The molecule has 26 heavy (non-hydrogen) atoms. The first-order valence-corrected chi connectivity index (χ1v) is 9.13. The van der Waals surface area contributed by atoms with Crippen molar-refractivity contribution in [3.05, 3.63) is 63.8 Å². The van der Waals surface area contributed by atoms with Crippen LogP contribution in [0.1, 0.15) is 33.0 Å². The van der Waals surface area contributed by atoms with Gasteiger partial charge in [-0.05, 0) is 54.4 Å². The molecule has 134 valence electrons. The smallest absolute Gasteiger partial charge is 0.313 e. The molecule has 2 aromatic carbocycles. The van der Waals surface area contributed by atoms with Gasteiger partial charge in [0.15, 0.2) is 6.61 Å². The quantitative estimate of drug-likeness (QED) is 0.465. The molecule has 1 heterocycles. The minimum Gasteiger partial charge on any atom is -0.497 e. The summed E-state index contributed by atoms with van der Waals surface area (Å²) in [5, 5.41) is 2.06. The number of hydrogen-bond acceptors (Lipinski definition) is 5. The lowest BCUT2D eigenvalue weighted by atomic mass is 9.98. The summed E-state index contributed by atoms with van der Waals surface area (Å²) in [6, 6.07) is 15.3. The van der Waals surface area contributed by atoms with Gasteiger partial charge in [-0.25, -0.2) is 0 Å². The van der Waals surface area contributed by atoms with Crippen molar-refractivity contribution in [1.29, 1.82) is 0 Å². The third-order valence-corrected chi connectivity index (χ3v) is 5.33. The summed E-state index contributed by atoms with van der Waals surface area (Å²) in [5.74, 6) is -0.229. The standard InChI is InChI=1S/C21H20O4S/c1-13-4-9-20(26-13)19(22)12-25-21(23)14(2)15-5-6-17-11-18(24-3)8-7-16(17)10-15/h4-11,14H,12H2,1-3H3/t14-/m0/s1. The van der Waals surface area contributed by atoms with E-state index < -0.39 is 11.9 Å². The van der Waals surface area contributed by atoms with Gasteiger partial charge in [0.2, 0.25) is 5.78 Å². The fraction of sp³-hybridized carbons (Fsp3) is 0.238. The number of ketones is 1. The van der Waals surface area contributed by atoms with E-state index in [4.69, 9.17) is 9.47 Å². The summed E-state index contributed by atoms with van der Waals surface area (Å²) in [6.45, 7) is 3.49. The topological polar surface area (TPSA) is 52.6 Å². The van der Waals surface area contributed by atoms with E-state index >= 15 is 0 Å². The number of ether oxygens (including phenoxy) is 2. The van der Waals surface area contributed by atoms with E-state index in [-0.39, 0.29) is 12.4 Å². The Labute approximate surface area is 156 Å². The second-order valence-electron chi connectivity index (χ2n) is 6.14. The zero-order chi connectivity index (χ0) is 18.7. The number of rotatable bonds is 6. The van der Waals surface area contributed by atoms with E-state index in [0.29, 0.717) is 4.88 Å². The van der Waals surface area contributed by atoms with E-state index in [2.05, 4.69) is 0 Å². The number of thiophene rings is 1. The first-order valence-electron chi connectivity index (χ1n) is 8.32. The molecule has 0 saturated heterocycles. The highest BCUT2D eigenvalue weighted by Crippen LogP contribution is 2.26. The molecular formula is C21H20O4S. The molecule has 0 amide bonds. The van der Waals surface area contributed by atoms with Crippen molar-refractivity contribution >= 4 is 33.9 Å². The summed E-state index contributed by atoms with van der Waals surface area (Å²) in [4.78, 5) is 26.1. The number of methoxy groups -OCH3 is 1. The third kappa shape index (κ3) is 3.94. The van der Waals surface area contributed by atoms with Gasteiger partial charge >= 0.3 is 5.97 Å². The van der Waals surface area contributed by atoms with E-state index in [1.807, 2.05) is 49.4 Å². The van der Waals surface area contributed by atoms with Crippen LogP contribution in [0.3, 0.4) is 0 Å². The SMILES string of the molecule is COc1ccc2cc([C@H](C)C(=O)OCC(=O)c3ccc(C)s3)ccc2c1. The third-order valence-electron chi connectivity index (χ3n) is 4.29. The van der Waals surface area contributed by atoms with E-state index in [1.54, 1.807) is 20.1 Å². The van der Waals surface area contributed by atoms with Crippen molar-refractivity contribution in [2.75, 3.05) is 13.7 Å². The Morgan fingerprint density at radius 2 is 1.77 bits per heavy atom. The number of esters is 1. The van der Waals surface area contributed by atoms with E-state index in [9.17, 15) is 9.59 Å². The maximum Gasteiger partial charge on any atom is 0.313 e. The van der Waals surface area contributed by atoms with Crippen LogP contribution in [0.2, 0.25) is 0 Å². The molecule has 3 aromatic rings. The van der Waals surface area contributed by atoms with Gasteiger partial charge < -0.3 is 9.47 Å². The Kier molecular flexibility index (Phi) is 5.38. The second-order valence-corrected chi connectivity index (χ2v) is 7.42. The van der Waals surface area contributed by atoms with Gasteiger partial charge in [-0.3, -0.25) is 9.59 Å². The maximum atomic E-state index is 12.3. The Balaban J connectivity index is 1.67. The zero-order valence-electron chi connectivity index (χ0n) is 14.9. The van der Waals surface area contributed by atoms with Gasteiger partial charge in [-0.2, -0.15) is 0 Å². The van der Waals surface area contributed by atoms with Crippen molar-refractivity contribution in [3.8, 4) is 5.75 Å². The van der Waals surface area contributed by atoms with Gasteiger partial charge in [0.1, 0.15) is 5.75 Å². The lowest BCUT2D eigenvalue weighted by Gasteiger charge is -2.12. The lowest BCUT2D eigenvalue weighted by molar-refractivity contribution is -0.143. The van der Waals surface area contributed by atoms with Crippen molar-refractivity contribution in [2.45, 2.75) is 19.8 Å². The predicted octanol–water partition coefficient (Wildman–Crippen LogP) is 4.75. The van der Waals surface area contributed by atoms with Crippen molar-refractivity contribution in [3.63, 3.8) is 0 Å². The van der Waals surface area contributed by atoms with Crippen LogP contribution < -0.4 is 4.74 Å². The van der Waals surface area contributed by atoms with Crippen LogP contribution in [0, 0.1) is 6.92 Å². The largest absolute Gasteiger partial charge is 0.497 e. The summed E-state index contributed by atoms with van der Waals surface area (Å²) in [7, 11) is 1.63. The second kappa shape index (κ2) is 7.70. The Hall–Kier alpha value is -2.66. The predicted molar refractivity (Wildman–Crippen MR) is 103 cm³/mol. The van der Waals surface area contributed by atoms with Crippen LogP contribution in [0.4, 0.5) is 0 Å². The Bertz CT molecular complexity index is 958. The average Bonchev–Trinajstić information content (AvgIpc) is 3.10. The highest BCUT2D eigenvalue weighted by atomic mass is 32.1. The van der Waals surface area contributed by atoms with Crippen LogP contribution in [0.5, 0.6) is 5.75 Å². The molecule has 3 rings (SSSR count). The number of carbonyl (C=O) groups excluding carboxylic acids is 2. The molecule has 0 bridgehead atoms. The fourth-order valence-corrected chi connectivity index (χ4v) is 3.48. The average molecular weight is 368 g/mol. The number of hydrogen-bond donors (Lipinski definition) is 0. The molecule has 0 spiro atoms. The molecule has 1 atom stereocenters. The minimum atomic E-state index is -0.445. The number of carbonyl (C=O) groups is 2. The molecular weight excluding hydrogens is 348 g/mol. The van der Waals surface area contributed by atoms with Gasteiger partial charge in [0.25, 0.3) is 0 Å². The number of Topliss-reactive ketones (excluding diaryl/α,β-unsaturated/α-hetero) is 1. The molecule has 1 aromatic heterocycles. The summed E-state index contributed by atoms with van der Waals surface area (Å²) < 4.78 is 10.5. The molecule has 4 nitrogen and oxygen atoms in total. The number of fused-ring (bicyclic) bond motifs is 1. The zero-order valence-corrected chi connectivity index (χ0v) is 15.8. The summed E-state index contributed by atoms with van der Waals surface area (Å²) in [5.41, 5.74) is 0.854. The van der Waals surface area contributed by atoms with Gasteiger partial charge in [0, 0.05) is 4.88 Å². The van der Waals surface area contributed by atoms with Crippen LogP contribution in [-0.2, 0) is 9.53 Å². The van der Waals surface area contributed by atoms with Crippen LogP contribution in [-0.4, -0.2) is 25.5 Å². The summed E-state index contributed by atoms with van der Waals surface area (Å²) in [6.07, 6.45) is 0. The Morgan fingerprint density at radius 1 is 1.04 bits per heavy atom. The van der Waals surface area contributed by atoms with Crippen LogP contribution in [0.15, 0.2) is 48.5 Å². The molecule has 5 heteroatoms. The first-order chi connectivity index (χ1) is 12.5. The molecule has 0 unspecified atom stereocenters. The normalized spacial score (nSPS) is 12.0. The van der Waals surface area contributed by atoms with Gasteiger partial charge in [-0.1, -0.05) is 24.3 Å². The molecule has 0 aliphatic carbocycles. The number of aryl methyl sites for hydroxylation is 1.